The Balaban J connectivity index is 1.54. The number of nitrogens with zero attached hydrogens (tertiary/aromatic N) is 2. The Hall–Kier alpha value is -2.69. The fourth-order valence-electron chi connectivity index (χ4n) is 2.22. The van der Waals surface area contributed by atoms with E-state index in [1.165, 1.54) is 42.2 Å². The molecular weight excluding hydrogens is 437 g/mol. The maximum Gasteiger partial charge on any atom is 0.234 e. The number of anilines is 4. The second kappa shape index (κ2) is 9.68. The molecule has 3 N–H and O–H groups in total. The summed E-state index contributed by atoms with van der Waals surface area (Å²) in [4.78, 5) is 23.2. The number of rotatable bonds is 7. The first-order valence-electron chi connectivity index (χ1n) is 8.25. The minimum atomic E-state index is -0.473. The molecule has 2 aromatic carbocycles. The van der Waals surface area contributed by atoms with Crippen LogP contribution in [0.4, 0.5) is 26.6 Å². The van der Waals surface area contributed by atoms with Crippen molar-refractivity contribution in [1.82, 2.24) is 10.2 Å². The standard InChI is InChI=1S/C18H15ClFN5O2S2/c1-10(26)21-12-3-2-4-13(8-12)22-17-24-25-18(29-17)28-9-16(27)23-15-6-5-11(20)7-14(15)19/h2-8H,9H2,1H3,(H,21,26)(H,22,24)(H,23,27). The van der Waals surface area contributed by atoms with Crippen LogP contribution in [-0.4, -0.2) is 27.8 Å². The molecule has 0 unspecified atom stereocenters. The number of amides is 2. The lowest BCUT2D eigenvalue weighted by Crippen LogP contribution is -2.14. The highest BCUT2D eigenvalue weighted by atomic mass is 35.5. The second-order valence-corrected chi connectivity index (χ2v) is 8.33. The van der Waals surface area contributed by atoms with Crippen molar-refractivity contribution in [2.24, 2.45) is 0 Å². The van der Waals surface area contributed by atoms with E-state index in [9.17, 15) is 14.0 Å². The van der Waals surface area contributed by atoms with E-state index in [0.29, 0.717) is 20.8 Å². The summed E-state index contributed by atoms with van der Waals surface area (Å²) in [6.07, 6.45) is 0. The SMILES string of the molecule is CC(=O)Nc1cccc(Nc2nnc(SCC(=O)Nc3ccc(F)cc3Cl)s2)c1. The number of hydrogen-bond donors (Lipinski definition) is 3. The zero-order valence-electron chi connectivity index (χ0n) is 15.0. The highest BCUT2D eigenvalue weighted by molar-refractivity contribution is 8.01. The van der Waals surface area contributed by atoms with E-state index in [1.807, 2.05) is 6.07 Å². The summed E-state index contributed by atoms with van der Waals surface area (Å²) in [5.74, 6) is -0.826. The number of halogens is 2. The Morgan fingerprint density at radius 1 is 1.14 bits per heavy atom. The average Bonchev–Trinajstić information content (AvgIpc) is 3.09. The van der Waals surface area contributed by atoms with Crippen LogP contribution in [0.15, 0.2) is 46.8 Å². The molecule has 0 aliphatic rings. The van der Waals surface area contributed by atoms with Crippen molar-refractivity contribution in [3.63, 3.8) is 0 Å². The van der Waals surface area contributed by atoms with Crippen molar-refractivity contribution in [3.05, 3.63) is 53.3 Å². The summed E-state index contributed by atoms with van der Waals surface area (Å²) in [6.45, 7) is 1.44. The summed E-state index contributed by atoms with van der Waals surface area (Å²) >= 11 is 8.40. The molecule has 1 aromatic heterocycles. The third kappa shape index (κ3) is 6.41. The Morgan fingerprint density at radius 2 is 1.93 bits per heavy atom. The molecule has 150 valence electrons. The molecule has 1 heterocycles. The number of thioether (sulfide) groups is 1. The van der Waals surface area contributed by atoms with Gasteiger partial charge in [0.1, 0.15) is 5.82 Å². The summed E-state index contributed by atoms with van der Waals surface area (Å²) in [5, 5.41) is 17.2. The lowest BCUT2D eigenvalue weighted by atomic mass is 10.3. The largest absolute Gasteiger partial charge is 0.330 e. The van der Waals surface area contributed by atoms with Crippen LogP contribution >= 0.6 is 34.7 Å². The quantitative estimate of drug-likeness (QED) is 0.448. The zero-order valence-corrected chi connectivity index (χ0v) is 17.4. The van der Waals surface area contributed by atoms with E-state index in [2.05, 4.69) is 26.1 Å². The molecule has 0 saturated carbocycles. The van der Waals surface area contributed by atoms with Crippen molar-refractivity contribution in [2.45, 2.75) is 11.3 Å². The fourth-order valence-corrected chi connectivity index (χ4v) is 4.01. The van der Waals surface area contributed by atoms with E-state index in [4.69, 9.17) is 11.6 Å². The van der Waals surface area contributed by atoms with Gasteiger partial charge in [-0.25, -0.2) is 4.39 Å². The maximum atomic E-state index is 13.1. The van der Waals surface area contributed by atoms with Crippen LogP contribution in [0.1, 0.15) is 6.92 Å². The lowest BCUT2D eigenvalue weighted by Gasteiger charge is -2.06. The van der Waals surface area contributed by atoms with Crippen LogP contribution < -0.4 is 16.0 Å². The highest BCUT2D eigenvalue weighted by Crippen LogP contribution is 2.29. The van der Waals surface area contributed by atoms with E-state index in [0.717, 1.165) is 11.8 Å². The first-order valence-corrected chi connectivity index (χ1v) is 10.4. The van der Waals surface area contributed by atoms with Gasteiger partial charge in [0.2, 0.25) is 16.9 Å². The topological polar surface area (TPSA) is 96.0 Å². The van der Waals surface area contributed by atoms with Crippen LogP contribution in [0.2, 0.25) is 5.02 Å². The van der Waals surface area contributed by atoms with Gasteiger partial charge in [0.05, 0.1) is 16.5 Å². The van der Waals surface area contributed by atoms with Gasteiger partial charge in [0.25, 0.3) is 0 Å². The molecule has 0 saturated heterocycles. The molecule has 0 spiro atoms. The zero-order chi connectivity index (χ0) is 20.8. The first-order chi connectivity index (χ1) is 13.9. The summed E-state index contributed by atoms with van der Waals surface area (Å²) < 4.78 is 13.7. The van der Waals surface area contributed by atoms with Crippen molar-refractivity contribution >= 4 is 68.7 Å². The highest BCUT2D eigenvalue weighted by Gasteiger charge is 2.11. The normalized spacial score (nSPS) is 10.4. The monoisotopic (exact) mass is 451 g/mol. The Bertz CT molecular complexity index is 1050. The number of nitrogens with one attached hydrogen (secondary N) is 3. The molecule has 3 rings (SSSR count). The van der Waals surface area contributed by atoms with Crippen LogP contribution in [-0.2, 0) is 9.59 Å². The van der Waals surface area contributed by atoms with Gasteiger partial charge in [0.15, 0.2) is 4.34 Å². The molecule has 7 nitrogen and oxygen atoms in total. The molecule has 0 aliphatic carbocycles. The average molecular weight is 452 g/mol. The van der Waals surface area contributed by atoms with Gasteiger partial charge in [-0.2, -0.15) is 0 Å². The first kappa shape index (κ1) is 21.0. The predicted octanol–water partition coefficient (Wildman–Crippen LogP) is 4.76. The van der Waals surface area contributed by atoms with Crippen molar-refractivity contribution < 1.29 is 14.0 Å². The molecule has 0 bridgehead atoms. The van der Waals surface area contributed by atoms with Gasteiger partial charge in [-0.1, -0.05) is 40.8 Å². The van der Waals surface area contributed by atoms with E-state index in [-0.39, 0.29) is 22.6 Å². The minimum absolute atomic E-state index is 0.0976. The molecular formula is C18H15ClFN5O2S2. The fraction of sp³-hybridized carbons (Fsp3) is 0.111. The Labute approximate surface area is 179 Å². The van der Waals surface area contributed by atoms with Gasteiger partial charge in [-0.3, -0.25) is 9.59 Å². The molecule has 0 aliphatic heterocycles. The number of aromatic nitrogens is 2. The number of hydrogen-bond acceptors (Lipinski definition) is 7. The number of benzene rings is 2. The molecule has 0 atom stereocenters. The molecule has 11 heteroatoms. The van der Waals surface area contributed by atoms with Gasteiger partial charge >= 0.3 is 0 Å². The second-order valence-electron chi connectivity index (χ2n) is 5.72. The summed E-state index contributed by atoms with van der Waals surface area (Å²) in [6, 6.07) is 10.9. The van der Waals surface area contributed by atoms with Crippen LogP contribution in [0, 0.1) is 5.82 Å². The molecule has 2 amide bonds. The van der Waals surface area contributed by atoms with Crippen LogP contribution in [0.25, 0.3) is 0 Å². The maximum absolute atomic E-state index is 13.1. The van der Waals surface area contributed by atoms with Crippen LogP contribution in [0.3, 0.4) is 0 Å². The molecule has 0 fully saturated rings. The summed E-state index contributed by atoms with van der Waals surface area (Å²) in [7, 11) is 0. The molecule has 29 heavy (non-hydrogen) atoms. The van der Waals surface area contributed by atoms with Gasteiger partial charge < -0.3 is 16.0 Å². The lowest BCUT2D eigenvalue weighted by molar-refractivity contribution is -0.114. The third-order valence-corrected chi connectivity index (χ3v) is 5.66. The number of carbonyl (C=O) groups is 2. The minimum Gasteiger partial charge on any atom is -0.330 e. The Morgan fingerprint density at radius 3 is 2.69 bits per heavy atom. The van der Waals surface area contributed by atoms with Gasteiger partial charge in [0, 0.05) is 18.3 Å². The number of carbonyl (C=O) groups excluding carboxylic acids is 2. The van der Waals surface area contributed by atoms with E-state index < -0.39 is 5.82 Å². The van der Waals surface area contributed by atoms with Crippen molar-refractivity contribution in [3.8, 4) is 0 Å². The van der Waals surface area contributed by atoms with Crippen molar-refractivity contribution in [1.29, 1.82) is 0 Å². The van der Waals surface area contributed by atoms with Gasteiger partial charge in [-0.15, -0.1) is 10.2 Å². The summed E-state index contributed by atoms with van der Waals surface area (Å²) in [5.41, 5.74) is 1.75. The smallest absolute Gasteiger partial charge is 0.234 e. The van der Waals surface area contributed by atoms with Crippen LogP contribution in [0.5, 0.6) is 0 Å². The molecule has 0 radical (unpaired) electrons. The Kier molecular flexibility index (Phi) is 7.02. The van der Waals surface area contributed by atoms with Gasteiger partial charge in [-0.05, 0) is 36.4 Å². The predicted molar refractivity (Wildman–Crippen MR) is 115 cm³/mol. The molecule has 3 aromatic rings. The van der Waals surface area contributed by atoms with E-state index >= 15 is 0 Å². The van der Waals surface area contributed by atoms with E-state index in [1.54, 1.807) is 18.2 Å². The third-order valence-electron chi connectivity index (χ3n) is 3.37. The van der Waals surface area contributed by atoms with Crippen molar-refractivity contribution in [2.75, 3.05) is 21.7 Å².